The number of nitrogens with one attached hydrogen (secondary N) is 1. The molecule has 1 aromatic heterocycles. The lowest BCUT2D eigenvalue weighted by atomic mass is 10.2. The second-order valence-electron chi connectivity index (χ2n) is 4.44. The number of H-pyrrole nitrogens is 1. The maximum absolute atomic E-state index is 12.5. The smallest absolute Gasteiger partial charge is 0.244 e. The first-order valence-electron chi connectivity index (χ1n) is 5.82. The van der Waals surface area contributed by atoms with Crippen LogP contribution in [0.2, 0.25) is 5.02 Å². The number of aromatic amines is 1. The molecule has 6 nitrogen and oxygen atoms in total. The Labute approximate surface area is 122 Å². The Morgan fingerprint density at radius 3 is 2.75 bits per heavy atom. The summed E-state index contributed by atoms with van der Waals surface area (Å²) in [5, 5.41) is 0.156. The van der Waals surface area contributed by atoms with E-state index in [-0.39, 0.29) is 16.5 Å². The Kier molecular flexibility index (Phi) is 4.03. The van der Waals surface area contributed by atoms with Gasteiger partial charge in [0.25, 0.3) is 0 Å². The molecule has 0 aliphatic rings. The minimum absolute atomic E-state index is 0.00340. The quantitative estimate of drug-likeness (QED) is 0.841. The van der Waals surface area contributed by atoms with Gasteiger partial charge >= 0.3 is 0 Å². The predicted molar refractivity (Wildman–Crippen MR) is 77.8 cm³/mol. The number of aryl methyl sites for hydroxylation is 1. The number of nitrogens with two attached hydrogens (primary N) is 1. The molecule has 0 saturated heterocycles. The fourth-order valence-electron chi connectivity index (χ4n) is 1.71. The second-order valence-corrected chi connectivity index (χ2v) is 6.86. The van der Waals surface area contributed by atoms with Crippen LogP contribution in [0.15, 0.2) is 29.4 Å². The van der Waals surface area contributed by atoms with Crippen LogP contribution < -0.4 is 5.73 Å². The molecule has 2 rings (SSSR count). The highest BCUT2D eigenvalue weighted by Crippen LogP contribution is 2.29. The zero-order chi connectivity index (χ0) is 14.9. The van der Waals surface area contributed by atoms with Gasteiger partial charge in [0.15, 0.2) is 0 Å². The molecule has 0 amide bonds. The maximum atomic E-state index is 12.5. The minimum Gasteiger partial charge on any atom is -0.398 e. The molecule has 2 aromatic rings. The lowest BCUT2D eigenvalue weighted by Crippen LogP contribution is -2.27. The normalized spacial score (nSPS) is 12.0. The summed E-state index contributed by atoms with van der Waals surface area (Å²) in [5.74, 6) is 0.548. The summed E-state index contributed by atoms with van der Waals surface area (Å²) in [6.45, 7) is 1.89. The molecule has 0 unspecified atom stereocenters. The number of halogens is 1. The topological polar surface area (TPSA) is 92.1 Å². The van der Waals surface area contributed by atoms with Gasteiger partial charge in [-0.05, 0) is 24.6 Å². The van der Waals surface area contributed by atoms with Crippen LogP contribution in [0, 0.1) is 6.92 Å². The summed E-state index contributed by atoms with van der Waals surface area (Å²) in [6, 6.07) is 2.93. The van der Waals surface area contributed by atoms with Gasteiger partial charge in [-0.3, -0.25) is 0 Å². The number of hydrogen-bond donors (Lipinski definition) is 2. The van der Waals surface area contributed by atoms with Gasteiger partial charge in [-0.1, -0.05) is 11.6 Å². The van der Waals surface area contributed by atoms with E-state index >= 15 is 0 Å². The Hall–Kier alpha value is -1.57. The van der Waals surface area contributed by atoms with Crippen molar-refractivity contribution in [1.82, 2.24) is 14.3 Å². The third-order valence-corrected chi connectivity index (χ3v) is 5.20. The number of hydrogen-bond acceptors (Lipinski definition) is 4. The Balaban J connectivity index is 2.37. The van der Waals surface area contributed by atoms with E-state index in [2.05, 4.69) is 9.97 Å². The van der Waals surface area contributed by atoms with Crippen LogP contribution in [0.3, 0.4) is 0 Å². The fraction of sp³-hybridized carbons (Fsp3) is 0.250. The molecule has 0 radical (unpaired) electrons. The highest BCUT2D eigenvalue weighted by atomic mass is 35.5. The molecule has 0 aliphatic heterocycles. The average molecular weight is 315 g/mol. The van der Waals surface area contributed by atoms with Crippen LogP contribution in [0.25, 0.3) is 0 Å². The monoisotopic (exact) mass is 314 g/mol. The molecule has 3 N–H and O–H groups in total. The van der Waals surface area contributed by atoms with E-state index in [9.17, 15) is 8.42 Å². The van der Waals surface area contributed by atoms with E-state index in [4.69, 9.17) is 17.3 Å². The number of nitrogens with zero attached hydrogens (tertiary/aromatic N) is 2. The van der Waals surface area contributed by atoms with Crippen LogP contribution >= 0.6 is 11.6 Å². The van der Waals surface area contributed by atoms with E-state index in [0.29, 0.717) is 11.5 Å². The number of nitrogen functional groups attached to an aromatic ring is 1. The largest absolute Gasteiger partial charge is 0.398 e. The molecule has 0 saturated carbocycles. The highest BCUT2D eigenvalue weighted by Gasteiger charge is 2.25. The molecule has 1 aromatic carbocycles. The molecule has 0 fully saturated rings. The number of aromatic nitrogens is 2. The van der Waals surface area contributed by atoms with Gasteiger partial charge in [0, 0.05) is 25.1 Å². The summed E-state index contributed by atoms with van der Waals surface area (Å²) in [5.41, 5.74) is 6.89. The molecule has 20 heavy (non-hydrogen) atoms. The van der Waals surface area contributed by atoms with Crippen LogP contribution in [0.5, 0.6) is 0 Å². The zero-order valence-corrected chi connectivity index (χ0v) is 12.7. The molecular formula is C12H15ClN4O2S. The maximum Gasteiger partial charge on any atom is 0.244 e. The van der Waals surface area contributed by atoms with Crippen molar-refractivity contribution in [3.8, 4) is 0 Å². The Morgan fingerprint density at radius 1 is 1.45 bits per heavy atom. The van der Waals surface area contributed by atoms with Crippen LogP contribution in [0.1, 0.15) is 11.4 Å². The standard InChI is InChI=1S/C12H15ClN4O2S/c1-8-5-9(13)11(6-10(8)14)20(18,19)17(2)7-12-15-3-4-16-12/h3-6H,7,14H2,1-2H3,(H,15,16). The lowest BCUT2D eigenvalue weighted by Gasteiger charge is -2.17. The molecule has 0 bridgehead atoms. The molecule has 0 atom stereocenters. The fourth-order valence-corrected chi connectivity index (χ4v) is 3.43. The summed E-state index contributed by atoms with van der Waals surface area (Å²) in [7, 11) is -2.26. The van der Waals surface area contributed by atoms with Gasteiger partial charge in [-0.25, -0.2) is 13.4 Å². The molecule has 1 heterocycles. The van der Waals surface area contributed by atoms with Gasteiger partial charge in [0.2, 0.25) is 10.0 Å². The molecular weight excluding hydrogens is 300 g/mol. The van der Waals surface area contributed by atoms with Crippen LogP contribution in [0.4, 0.5) is 5.69 Å². The third-order valence-electron chi connectivity index (χ3n) is 2.94. The summed E-state index contributed by atoms with van der Waals surface area (Å²) >= 11 is 6.03. The van der Waals surface area contributed by atoms with Crippen molar-refractivity contribution in [3.05, 3.63) is 40.9 Å². The third kappa shape index (κ3) is 2.79. The first-order valence-corrected chi connectivity index (χ1v) is 7.64. The second kappa shape index (κ2) is 5.43. The first kappa shape index (κ1) is 14.8. The predicted octanol–water partition coefficient (Wildman–Crippen LogP) is 1.77. The van der Waals surface area contributed by atoms with Gasteiger partial charge in [0.1, 0.15) is 10.7 Å². The van der Waals surface area contributed by atoms with E-state index in [1.807, 2.05) is 0 Å². The first-order chi connectivity index (χ1) is 9.32. The molecule has 108 valence electrons. The Morgan fingerprint density at radius 2 is 2.15 bits per heavy atom. The Bertz CT molecular complexity index is 713. The van der Waals surface area contributed by atoms with Gasteiger partial charge in [-0.15, -0.1) is 0 Å². The van der Waals surface area contributed by atoms with Crippen molar-refractivity contribution in [1.29, 1.82) is 0 Å². The highest BCUT2D eigenvalue weighted by molar-refractivity contribution is 7.89. The molecule has 0 aliphatic carbocycles. The van der Waals surface area contributed by atoms with Crippen molar-refractivity contribution in [2.75, 3.05) is 12.8 Å². The van der Waals surface area contributed by atoms with Gasteiger partial charge in [-0.2, -0.15) is 4.31 Å². The molecule has 0 spiro atoms. The van der Waals surface area contributed by atoms with Crippen molar-refractivity contribution < 1.29 is 8.42 Å². The van der Waals surface area contributed by atoms with Crippen LogP contribution in [-0.4, -0.2) is 29.7 Å². The SMILES string of the molecule is Cc1cc(Cl)c(S(=O)(=O)N(C)Cc2ncc[nH]2)cc1N. The minimum atomic E-state index is -3.72. The zero-order valence-electron chi connectivity index (χ0n) is 11.1. The number of anilines is 1. The number of benzene rings is 1. The summed E-state index contributed by atoms with van der Waals surface area (Å²) in [4.78, 5) is 6.85. The molecule has 8 heteroatoms. The van der Waals surface area contributed by atoms with Crippen molar-refractivity contribution in [2.24, 2.45) is 0 Å². The van der Waals surface area contributed by atoms with Crippen LogP contribution in [-0.2, 0) is 16.6 Å². The van der Waals surface area contributed by atoms with E-state index < -0.39 is 10.0 Å². The van der Waals surface area contributed by atoms with E-state index in [1.54, 1.807) is 25.4 Å². The van der Waals surface area contributed by atoms with E-state index in [1.165, 1.54) is 17.4 Å². The summed E-state index contributed by atoms with van der Waals surface area (Å²) in [6.07, 6.45) is 3.19. The lowest BCUT2D eigenvalue weighted by molar-refractivity contribution is 0.458. The van der Waals surface area contributed by atoms with Crippen molar-refractivity contribution in [3.63, 3.8) is 0 Å². The van der Waals surface area contributed by atoms with Crippen molar-refractivity contribution in [2.45, 2.75) is 18.4 Å². The number of imidazole rings is 1. The average Bonchev–Trinajstić information content (AvgIpc) is 2.86. The van der Waals surface area contributed by atoms with Crippen molar-refractivity contribution >= 4 is 27.3 Å². The summed E-state index contributed by atoms with van der Waals surface area (Å²) < 4.78 is 26.1. The van der Waals surface area contributed by atoms with Gasteiger partial charge in [0.05, 0.1) is 11.6 Å². The number of rotatable bonds is 4. The van der Waals surface area contributed by atoms with Gasteiger partial charge < -0.3 is 10.7 Å². The van der Waals surface area contributed by atoms with E-state index in [0.717, 1.165) is 5.56 Å². The number of sulfonamides is 1.